The van der Waals surface area contributed by atoms with E-state index >= 15 is 0 Å². The summed E-state index contributed by atoms with van der Waals surface area (Å²) in [5.41, 5.74) is -0.00325. The van der Waals surface area contributed by atoms with E-state index in [1.54, 1.807) is 0 Å². The van der Waals surface area contributed by atoms with Crippen LogP contribution in [0.25, 0.3) is 0 Å². The Hall–Kier alpha value is -1.19. The predicted octanol–water partition coefficient (Wildman–Crippen LogP) is 3.14. The summed E-state index contributed by atoms with van der Waals surface area (Å²) in [6, 6.07) is 2.14. The molecule has 0 aliphatic heterocycles. The molecule has 0 fully saturated rings. The molecule has 0 amide bonds. The monoisotopic (exact) mass is 285 g/mol. The van der Waals surface area contributed by atoms with E-state index in [-0.39, 0.29) is 22.8 Å². The van der Waals surface area contributed by atoms with Crippen LogP contribution in [0.2, 0.25) is 23.7 Å². The standard InChI is InChI=1S/C13H23NO4Si/c1-13(2,3)19(4,5)11(6-7-14)8-10(15)9-12(16)18-17/h11,17H,6,8-9H2,1-5H3/t11-/m1/s1. The lowest BCUT2D eigenvalue weighted by molar-refractivity contribution is -0.233. The smallest absolute Gasteiger partial charge is 0.301 e. The molecule has 0 aromatic heterocycles. The number of nitriles is 1. The quantitative estimate of drug-likeness (QED) is 0.350. The average Bonchev–Trinajstić information content (AvgIpc) is 2.26. The van der Waals surface area contributed by atoms with Crippen LogP contribution in [0.4, 0.5) is 0 Å². The third-order valence-electron chi connectivity index (χ3n) is 4.21. The molecular weight excluding hydrogens is 262 g/mol. The van der Waals surface area contributed by atoms with Crippen molar-refractivity contribution in [2.75, 3.05) is 0 Å². The van der Waals surface area contributed by atoms with Crippen LogP contribution in [0.3, 0.4) is 0 Å². The van der Waals surface area contributed by atoms with Crippen LogP contribution in [-0.2, 0) is 14.5 Å². The lowest BCUT2D eigenvalue weighted by Gasteiger charge is -2.42. The summed E-state index contributed by atoms with van der Waals surface area (Å²) in [7, 11) is -1.84. The van der Waals surface area contributed by atoms with Crippen molar-refractivity contribution < 1.29 is 19.7 Å². The van der Waals surface area contributed by atoms with Gasteiger partial charge in [-0.3, -0.25) is 4.79 Å². The topological polar surface area (TPSA) is 87.4 Å². The van der Waals surface area contributed by atoms with E-state index in [4.69, 9.17) is 10.5 Å². The van der Waals surface area contributed by atoms with E-state index in [9.17, 15) is 9.59 Å². The van der Waals surface area contributed by atoms with Crippen molar-refractivity contribution in [2.45, 2.75) is 63.7 Å². The summed E-state index contributed by atoms with van der Waals surface area (Å²) in [5.74, 6) is -1.24. The summed E-state index contributed by atoms with van der Waals surface area (Å²) in [6.07, 6.45) is 0.0720. The minimum atomic E-state index is -1.84. The molecule has 0 rings (SSSR count). The van der Waals surface area contributed by atoms with Crippen LogP contribution in [0, 0.1) is 11.3 Å². The fraction of sp³-hybridized carbons (Fsp3) is 0.769. The molecule has 1 N–H and O–H groups in total. The maximum absolute atomic E-state index is 11.8. The Morgan fingerprint density at radius 2 is 1.89 bits per heavy atom. The Bertz CT molecular complexity index is 379. The largest absolute Gasteiger partial charge is 0.349 e. The Morgan fingerprint density at radius 1 is 1.37 bits per heavy atom. The van der Waals surface area contributed by atoms with Gasteiger partial charge in [-0.05, 0) is 10.6 Å². The maximum Gasteiger partial charge on any atom is 0.349 e. The highest BCUT2D eigenvalue weighted by atomic mass is 28.3. The number of hydrogen-bond acceptors (Lipinski definition) is 5. The maximum atomic E-state index is 11.8. The van der Waals surface area contributed by atoms with Crippen LogP contribution < -0.4 is 0 Å². The molecule has 0 aliphatic rings. The normalized spacial score (nSPS) is 13.5. The van der Waals surface area contributed by atoms with Gasteiger partial charge in [-0.15, -0.1) is 0 Å². The highest BCUT2D eigenvalue weighted by Gasteiger charge is 2.42. The van der Waals surface area contributed by atoms with Crippen molar-refractivity contribution in [1.29, 1.82) is 5.26 Å². The minimum Gasteiger partial charge on any atom is -0.301 e. The van der Waals surface area contributed by atoms with Crippen molar-refractivity contribution in [3.8, 4) is 6.07 Å². The van der Waals surface area contributed by atoms with Gasteiger partial charge < -0.3 is 4.89 Å². The third kappa shape index (κ3) is 5.13. The second kappa shape index (κ2) is 6.82. The SMILES string of the molecule is CC(C)(C)[Si](C)(C)[C@H](CC#N)CC(=O)CC(=O)OO. The van der Waals surface area contributed by atoms with Crippen molar-refractivity contribution in [2.24, 2.45) is 0 Å². The van der Waals surface area contributed by atoms with Gasteiger partial charge in [0.05, 0.1) is 14.1 Å². The second-order valence-electron chi connectivity index (χ2n) is 6.41. The van der Waals surface area contributed by atoms with E-state index < -0.39 is 20.5 Å². The van der Waals surface area contributed by atoms with E-state index in [0.717, 1.165) is 0 Å². The summed E-state index contributed by atoms with van der Waals surface area (Å²) >= 11 is 0. The first-order valence-corrected chi connectivity index (χ1v) is 9.37. The van der Waals surface area contributed by atoms with Crippen LogP contribution >= 0.6 is 0 Å². The Kier molecular flexibility index (Phi) is 6.40. The molecule has 1 atom stereocenters. The third-order valence-corrected chi connectivity index (χ3v) is 10.5. The zero-order valence-corrected chi connectivity index (χ0v) is 13.3. The molecule has 0 unspecified atom stereocenters. The molecular formula is C13H23NO4Si. The molecule has 5 nitrogen and oxygen atoms in total. The number of carbonyl (C=O) groups is 2. The van der Waals surface area contributed by atoms with Gasteiger partial charge in [-0.2, -0.15) is 10.5 Å². The Morgan fingerprint density at radius 3 is 2.26 bits per heavy atom. The predicted molar refractivity (Wildman–Crippen MR) is 74.1 cm³/mol. The summed E-state index contributed by atoms with van der Waals surface area (Å²) in [4.78, 5) is 26.1. The van der Waals surface area contributed by atoms with E-state index in [1.165, 1.54) is 0 Å². The lowest BCUT2D eigenvalue weighted by Crippen LogP contribution is -2.43. The first-order valence-electron chi connectivity index (χ1n) is 6.29. The average molecular weight is 285 g/mol. The van der Waals surface area contributed by atoms with Crippen molar-refractivity contribution >= 4 is 19.8 Å². The highest BCUT2D eigenvalue weighted by Crippen LogP contribution is 2.46. The van der Waals surface area contributed by atoms with Gasteiger partial charge in [0, 0.05) is 12.8 Å². The van der Waals surface area contributed by atoms with Crippen LogP contribution in [0.5, 0.6) is 0 Å². The first kappa shape index (κ1) is 17.8. The van der Waals surface area contributed by atoms with Gasteiger partial charge in [-0.25, -0.2) is 4.79 Å². The molecule has 108 valence electrons. The van der Waals surface area contributed by atoms with E-state index in [2.05, 4.69) is 44.8 Å². The highest BCUT2D eigenvalue weighted by molar-refractivity contribution is 6.81. The molecule has 0 bridgehead atoms. The number of carbonyl (C=O) groups excluding carboxylic acids is 2. The van der Waals surface area contributed by atoms with Crippen molar-refractivity contribution in [3.05, 3.63) is 0 Å². The molecule has 19 heavy (non-hydrogen) atoms. The minimum absolute atomic E-state index is 0.00325. The molecule has 6 heteroatoms. The van der Waals surface area contributed by atoms with Crippen molar-refractivity contribution in [3.63, 3.8) is 0 Å². The lowest BCUT2D eigenvalue weighted by atomic mass is 10.1. The Labute approximate surface area is 115 Å². The zero-order chi connectivity index (χ0) is 15.3. The zero-order valence-electron chi connectivity index (χ0n) is 12.3. The Balaban J connectivity index is 4.90. The first-order chi connectivity index (χ1) is 8.56. The van der Waals surface area contributed by atoms with Crippen LogP contribution in [0.15, 0.2) is 0 Å². The molecule has 0 aromatic carbocycles. The second-order valence-corrected chi connectivity index (χ2v) is 12.2. The molecule has 0 radical (unpaired) electrons. The van der Waals surface area contributed by atoms with Gasteiger partial charge in [0.1, 0.15) is 12.2 Å². The van der Waals surface area contributed by atoms with E-state index in [0.29, 0.717) is 6.42 Å². The van der Waals surface area contributed by atoms with Gasteiger partial charge in [-0.1, -0.05) is 33.9 Å². The number of hydrogen-bond donors (Lipinski definition) is 1. The van der Waals surface area contributed by atoms with Crippen molar-refractivity contribution in [1.82, 2.24) is 0 Å². The molecule has 0 saturated heterocycles. The molecule has 0 aromatic rings. The summed E-state index contributed by atoms with van der Waals surface area (Å²) in [6.45, 7) is 10.7. The van der Waals surface area contributed by atoms with E-state index in [1.807, 2.05) is 0 Å². The summed E-state index contributed by atoms with van der Waals surface area (Å²) in [5, 5.41) is 17.2. The molecule has 0 spiro atoms. The van der Waals surface area contributed by atoms with Gasteiger partial charge >= 0.3 is 5.97 Å². The number of Topliss-reactive ketones (excluding diaryl/α,β-unsaturated/α-hetero) is 1. The number of rotatable bonds is 6. The summed E-state index contributed by atoms with van der Waals surface area (Å²) < 4.78 is 0. The molecule has 0 saturated carbocycles. The molecule has 0 aliphatic carbocycles. The van der Waals surface area contributed by atoms with Crippen LogP contribution in [0.1, 0.15) is 40.0 Å². The fourth-order valence-corrected chi connectivity index (χ4v) is 4.41. The molecule has 0 heterocycles. The van der Waals surface area contributed by atoms with Gasteiger partial charge in [0.2, 0.25) is 0 Å². The fourth-order valence-electron chi connectivity index (χ4n) is 1.85. The number of ketones is 1. The number of nitrogens with zero attached hydrogens (tertiary/aromatic N) is 1. The van der Waals surface area contributed by atoms with Gasteiger partial charge in [0.15, 0.2) is 0 Å². The van der Waals surface area contributed by atoms with Crippen LogP contribution in [-0.4, -0.2) is 25.1 Å². The van der Waals surface area contributed by atoms with Gasteiger partial charge in [0.25, 0.3) is 0 Å².